The number of para-hydroxylation sites is 1. The van der Waals surface area contributed by atoms with Crippen LogP contribution in [0.4, 0.5) is 18.9 Å². The molecule has 0 saturated heterocycles. The maximum absolute atomic E-state index is 12.8. The normalized spacial score (nSPS) is 11.5. The number of halogens is 4. The highest BCUT2D eigenvalue weighted by atomic mass is 35.5. The molecule has 2 aromatic carbocycles. The number of hydrogen-bond donors (Lipinski definition) is 2. The summed E-state index contributed by atoms with van der Waals surface area (Å²) in [4.78, 5) is 23.8. The number of aryl methyl sites for hydroxylation is 1. The van der Waals surface area contributed by atoms with E-state index in [-0.39, 0.29) is 12.1 Å². The average molecular weight is 411 g/mol. The van der Waals surface area contributed by atoms with E-state index in [4.69, 9.17) is 11.6 Å². The molecular weight excluding hydrogens is 393 g/mol. The van der Waals surface area contributed by atoms with Crippen molar-refractivity contribution in [2.45, 2.75) is 19.5 Å². The van der Waals surface area contributed by atoms with Crippen LogP contribution >= 0.6 is 11.6 Å². The summed E-state index contributed by atoms with van der Waals surface area (Å²) in [5.41, 5.74) is 0.810. The first kappa shape index (κ1) is 21.5. The van der Waals surface area contributed by atoms with Gasteiger partial charge in [-0.25, -0.2) is 0 Å². The number of hydrogen-bond acceptors (Lipinski definition) is 2. The van der Waals surface area contributed by atoms with E-state index >= 15 is 0 Å². The maximum Gasteiger partial charge on any atom is 0.417 e. The number of benzene rings is 2. The van der Waals surface area contributed by atoms with Crippen molar-refractivity contribution in [1.29, 1.82) is 0 Å². The molecule has 4 nitrogen and oxygen atoms in total. The molecular formula is C20H18ClF3N2O2. The van der Waals surface area contributed by atoms with Crippen LogP contribution < -0.4 is 10.6 Å². The third-order valence-corrected chi connectivity index (χ3v) is 4.15. The minimum absolute atomic E-state index is 0.160. The number of carbonyl (C=O) groups excluding carboxylic acids is 2. The molecule has 148 valence electrons. The van der Waals surface area contributed by atoms with Crippen LogP contribution in [0.5, 0.6) is 0 Å². The molecule has 0 unspecified atom stereocenters. The van der Waals surface area contributed by atoms with Gasteiger partial charge < -0.3 is 10.6 Å². The standard InChI is InChI=1S/C20H18ClF3N2O2/c1-2-14-5-3-4-6-17(14)26-19(28)12-25-18(27)10-8-13-7-9-16(21)15(11-13)20(22,23)24/h3-11H,2,12H2,1H3,(H,25,27)(H,26,28)/b10-8+. The Hall–Kier alpha value is -2.80. The van der Waals surface area contributed by atoms with Gasteiger partial charge in [0.2, 0.25) is 11.8 Å². The Kier molecular flexibility index (Phi) is 7.23. The molecule has 8 heteroatoms. The van der Waals surface area contributed by atoms with Gasteiger partial charge in [-0.15, -0.1) is 0 Å². The lowest BCUT2D eigenvalue weighted by atomic mass is 10.1. The van der Waals surface area contributed by atoms with Crippen molar-refractivity contribution in [2.24, 2.45) is 0 Å². The van der Waals surface area contributed by atoms with Crippen molar-refractivity contribution in [2.75, 3.05) is 11.9 Å². The fourth-order valence-corrected chi connectivity index (χ4v) is 2.63. The second kappa shape index (κ2) is 9.41. The summed E-state index contributed by atoms with van der Waals surface area (Å²) in [6, 6.07) is 10.6. The number of amides is 2. The molecule has 0 aromatic heterocycles. The van der Waals surface area contributed by atoms with Crippen LogP contribution in [0, 0.1) is 0 Å². The lowest BCUT2D eigenvalue weighted by molar-refractivity contribution is -0.137. The van der Waals surface area contributed by atoms with Gasteiger partial charge in [-0.1, -0.05) is 42.8 Å². The first-order valence-corrected chi connectivity index (χ1v) is 8.79. The van der Waals surface area contributed by atoms with Crippen molar-refractivity contribution in [3.8, 4) is 0 Å². The van der Waals surface area contributed by atoms with Crippen molar-refractivity contribution in [1.82, 2.24) is 5.32 Å². The predicted molar refractivity (Wildman–Crippen MR) is 103 cm³/mol. The molecule has 0 radical (unpaired) electrons. The van der Waals surface area contributed by atoms with E-state index in [1.165, 1.54) is 12.1 Å². The summed E-state index contributed by atoms with van der Waals surface area (Å²) in [5.74, 6) is -1.02. The third-order valence-electron chi connectivity index (χ3n) is 3.82. The monoisotopic (exact) mass is 410 g/mol. The van der Waals surface area contributed by atoms with Gasteiger partial charge in [0.25, 0.3) is 0 Å². The molecule has 0 aliphatic heterocycles. The van der Waals surface area contributed by atoms with Gasteiger partial charge in [0, 0.05) is 11.8 Å². The van der Waals surface area contributed by atoms with E-state index in [9.17, 15) is 22.8 Å². The SMILES string of the molecule is CCc1ccccc1NC(=O)CNC(=O)/C=C/c1ccc(Cl)c(C(F)(F)F)c1. The van der Waals surface area contributed by atoms with Gasteiger partial charge in [-0.05, 0) is 41.8 Å². The smallest absolute Gasteiger partial charge is 0.343 e. The van der Waals surface area contributed by atoms with Crippen LogP contribution in [0.15, 0.2) is 48.5 Å². The first-order valence-electron chi connectivity index (χ1n) is 8.41. The Labute approximate surface area is 165 Å². The average Bonchev–Trinajstić information content (AvgIpc) is 2.65. The molecule has 0 saturated carbocycles. The summed E-state index contributed by atoms with van der Waals surface area (Å²) in [5, 5.41) is 4.67. The highest BCUT2D eigenvalue weighted by Gasteiger charge is 2.33. The summed E-state index contributed by atoms with van der Waals surface area (Å²) in [6.07, 6.45) is -1.58. The van der Waals surface area contributed by atoms with Crippen molar-refractivity contribution in [3.63, 3.8) is 0 Å². The predicted octanol–water partition coefficient (Wildman–Crippen LogP) is 4.69. The molecule has 0 bridgehead atoms. The molecule has 2 N–H and O–H groups in total. The van der Waals surface area contributed by atoms with E-state index < -0.39 is 28.6 Å². The van der Waals surface area contributed by atoms with Crippen LogP contribution in [0.2, 0.25) is 5.02 Å². The first-order chi connectivity index (χ1) is 13.2. The Morgan fingerprint density at radius 1 is 1.14 bits per heavy atom. The van der Waals surface area contributed by atoms with Gasteiger partial charge in [0.05, 0.1) is 17.1 Å². The van der Waals surface area contributed by atoms with Gasteiger partial charge in [0.15, 0.2) is 0 Å². The van der Waals surface area contributed by atoms with E-state index in [0.29, 0.717) is 5.69 Å². The minimum atomic E-state index is -4.59. The minimum Gasteiger partial charge on any atom is -0.343 e. The number of alkyl halides is 3. The Morgan fingerprint density at radius 3 is 2.54 bits per heavy atom. The molecule has 2 amide bonds. The number of nitrogens with one attached hydrogen (secondary N) is 2. The largest absolute Gasteiger partial charge is 0.417 e. The number of rotatable bonds is 6. The molecule has 28 heavy (non-hydrogen) atoms. The van der Waals surface area contributed by atoms with Crippen molar-refractivity contribution in [3.05, 3.63) is 70.3 Å². The van der Waals surface area contributed by atoms with Crippen molar-refractivity contribution < 1.29 is 22.8 Å². The topological polar surface area (TPSA) is 58.2 Å². The van der Waals surface area contributed by atoms with Gasteiger partial charge in [-0.3, -0.25) is 9.59 Å². The number of carbonyl (C=O) groups is 2. The van der Waals surface area contributed by atoms with E-state index in [1.54, 1.807) is 12.1 Å². The highest BCUT2D eigenvalue weighted by molar-refractivity contribution is 6.31. The fourth-order valence-electron chi connectivity index (χ4n) is 2.41. The molecule has 2 rings (SSSR count). The molecule has 0 aliphatic carbocycles. The Morgan fingerprint density at radius 2 is 1.86 bits per heavy atom. The van der Waals surface area contributed by atoms with Crippen LogP contribution in [-0.2, 0) is 22.2 Å². The van der Waals surface area contributed by atoms with Crippen LogP contribution in [0.3, 0.4) is 0 Å². The summed E-state index contributed by atoms with van der Waals surface area (Å²) in [6.45, 7) is 1.69. The lowest BCUT2D eigenvalue weighted by Gasteiger charge is -2.10. The quantitative estimate of drug-likeness (QED) is 0.679. The second-order valence-corrected chi connectivity index (χ2v) is 6.25. The fraction of sp³-hybridized carbons (Fsp3) is 0.200. The molecule has 0 spiro atoms. The Bertz CT molecular complexity index is 895. The van der Waals surface area contributed by atoms with E-state index in [2.05, 4.69) is 10.6 Å². The molecule has 0 heterocycles. The molecule has 0 fully saturated rings. The zero-order chi connectivity index (χ0) is 20.7. The third kappa shape index (κ3) is 6.13. The molecule has 0 aliphatic rings. The molecule has 2 aromatic rings. The summed E-state index contributed by atoms with van der Waals surface area (Å²) >= 11 is 5.55. The lowest BCUT2D eigenvalue weighted by Crippen LogP contribution is -2.31. The zero-order valence-electron chi connectivity index (χ0n) is 14.9. The zero-order valence-corrected chi connectivity index (χ0v) is 15.7. The highest BCUT2D eigenvalue weighted by Crippen LogP contribution is 2.35. The van der Waals surface area contributed by atoms with Crippen LogP contribution in [-0.4, -0.2) is 18.4 Å². The van der Waals surface area contributed by atoms with Crippen molar-refractivity contribution >= 4 is 35.2 Å². The summed E-state index contributed by atoms with van der Waals surface area (Å²) < 4.78 is 38.5. The summed E-state index contributed by atoms with van der Waals surface area (Å²) in [7, 11) is 0. The van der Waals surface area contributed by atoms with E-state index in [1.807, 2.05) is 19.1 Å². The van der Waals surface area contributed by atoms with E-state index in [0.717, 1.165) is 30.2 Å². The number of anilines is 1. The van der Waals surface area contributed by atoms with Gasteiger partial charge in [0.1, 0.15) is 0 Å². The maximum atomic E-state index is 12.8. The van der Waals surface area contributed by atoms with Gasteiger partial charge in [-0.2, -0.15) is 13.2 Å². The molecule has 0 atom stereocenters. The van der Waals surface area contributed by atoms with Crippen LogP contribution in [0.1, 0.15) is 23.6 Å². The van der Waals surface area contributed by atoms with Crippen LogP contribution in [0.25, 0.3) is 6.08 Å². The van der Waals surface area contributed by atoms with Gasteiger partial charge >= 0.3 is 6.18 Å². The second-order valence-electron chi connectivity index (χ2n) is 5.85. The Balaban J connectivity index is 1.93.